The van der Waals surface area contributed by atoms with Crippen LogP contribution in [0.15, 0.2) is 36.5 Å². The van der Waals surface area contributed by atoms with E-state index in [-0.39, 0.29) is 31.1 Å². The second-order valence-electron chi connectivity index (χ2n) is 19.9. The Kier molecular flexibility index (Phi) is 54.2. The van der Waals surface area contributed by atoms with Crippen LogP contribution < -0.4 is 0 Å². The van der Waals surface area contributed by atoms with Gasteiger partial charge in [-0.05, 0) is 51.4 Å². The van der Waals surface area contributed by atoms with Crippen LogP contribution in [0.4, 0.5) is 0 Å². The molecule has 0 aliphatic rings. The molecule has 6 nitrogen and oxygen atoms in total. The third kappa shape index (κ3) is 54.4. The molecule has 0 bridgehead atoms. The van der Waals surface area contributed by atoms with Crippen LogP contribution in [-0.2, 0) is 28.6 Å². The lowest BCUT2D eigenvalue weighted by molar-refractivity contribution is -0.167. The van der Waals surface area contributed by atoms with Crippen LogP contribution in [0, 0.1) is 0 Å². The highest BCUT2D eigenvalue weighted by Crippen LogP contribution is 2.17. The Morgan fingerprint density at radius 3 is 0.910 bits per heavy atom. The molecule has 0 spiro atoms. The van der Waals surface area contributed by atoms with Crippen molar-refractivity contribution in [2.24, 2.45) is 0 Å². The van der Waals surface area contributed by atoms with Crippen molar-refractivity contribution in [3.05, 3.63) is 36.5 Å². The first-order chi connectivity index (χ1) is 33.0. The summed E-state index contributed by atoms with van der Waals surface area (Å²) in [5.41, 5.74) is 0. The maximum absolute atomic E-state index is 12.8. The lowest BCUT2D eigenvalue weighted by Crippen LogP contribution is -2.30. The Morgan fingerprint density at radius 2 is 0.582 bits per heavy atom. The standard InChI is InChI=1S/C61H112O6/c1-4-7-10-13-16-19-22-24-26-27-28-29-30-31-32-33-34-36-37-39-42-45-48-51-54-60(63)66-57-58(56-65-59(62)53-50-47-44-41-21-18-15-12-9-6-3)67-61(64)55-52-49-46-43-40-38-35-25-23-20-17-14-11-8-5-2/h8,11,17,20,25,35,58H,4-7,9-10,12-16,18-19,21-24,26-34,36-57H2,1-3H3/b11-8-,20-17-,35-25-. The molecule has 1 unspecified atom stereocenters. The molecule has 0 aliphatic heterocycles. The van der Waals surface area contributed by atoms with E-state index >= 15 is 0 Å². The molecule has 392 valence electrons. The molecular weight excluding hydrogens is 829 g/mol. The number of carbonyl (C=O) groups is 3. The molecule has 0 aromatic carbocycles. The second-order valence-corrected chi connectivity index (χ2v) is 19.9. The summed E-state index contributed by atoms with van der Waals surface area (Å²) < 4.78 is 16.8. The van der Waals surface area contributed by atoms with Crippen LogP contribution in [0.5, 0.6) is 0 Å². The number of hydrogen-bond donors (Lipinski definition) is 0. The van der Waals surface area contributed by atoms with Crippen molar-refractivity contribution in [2.75, 3.05) is 13.2 Å². The predicted octanol–water partition coefficient (Wildman–Crippen LogP) is 19.7. The second kappa shape index (κ2) is 56.2. The molecule has 0 fully saturated rings. The summed E-state index contributed by atoms with van der Waals surface area (Å²) in [6.07, 6.45) is 67.3. The molecule has 0 aromatic rings. The molecule has 0 rings (SSSR count). The van der Waals surface area contributed by atoms with Gasteiger partial charge in [0.2, 0.25) is 0 Å². The summed E-state index contributed by atoms with van der Waals surface area (Å²) in [4.78, 5) is 38.1. The van der Waals surface area contributed by atoms with Gasteiger partial charge in [0.1, 0.15) is 13.2 Å². The van der Waals surface area contributed by atoms with E-state index in [0.717, 1.165) is 96.3 Å². The number of rotatable bonds is 54. The molecule has 0 radical (unpaired) electrons. The van der Waals surface area contributed by atoms with Crippen LogP contribution in [0.2, 0.25) is 0 Å². The Bertz CT molecular complexity index is 1130. The minimum Gasteiger partial charge on any atom is -0.462 e. The lowest BCUT2D eigenvalue weighted by Gasteiger charge is -2.18. The van der Waals surface area contributed by atoms with E-state index in [0.29, 0.717) is 19.3 Å². The summed E-state index contributed by atoms with van der Waals surface area (Å²) in [7, 11) is 0. The van der Waals surface area contributed by atoms with Crippen LogP contribution in [0.1, 0.15) is 316 Å². The van der Waals surface area contributed by atoms with Crippen LogP contribution >= 0.6 is 0 Å². The molecule has 0 amide bonds. The van der Waals surface area contributed by atoms with Crippen LogP contribution in [-0.4, -0.2) is 37.2 Å². The topological polar surface area (TPSA) is 78.9 Å². The number of allylic oxidation sites excluding steroid dienone is 6. The zero-order valence-corrected chi connectivity index (χ0v) is 44.9. The largest absolute Gasteiger partial charge is 0.462 e. The number of esters is 3. The fraction of sp³-hybridized carbons (Fsp3) is 0.852. The minimum absolute atomic E-state index is 0.0747. The Morgan fingerprint density at radius 1 is 0.313 bits per heavy atom. The van der Waals surface area contributed by atoms with Crippen molar-refractivity contribution in [1.82, 2.24) is 0 Å². The average Bonchev–Trinajstić information content (AvgIpc) is 3.33. The van der Waals surface area contributed by atoms with Crippen LogP contribution in [0.25, 0.3) is 0 Å². The normalized spacial score (nSPS) is 12.2. The predicted molar refractivity (Wildman–Crippen MR) is 289 cm³/mol. The third-order valence-corrected chi connectivity index (χ3v) is 13.2. The Labute approximate surface area is 416 Å². The number of hydrogen-bond acceptors (Lipinski definition) is 6. The molecule has 0 aliphatic carbocycles. The minimum atomic E-state index is -0.776. The van der Waals surface area contributed by atoms with Gasteiger partial charge in [-0.25, -0.2) is 0 Å². The van der Waals surface area contributed by atoms with Gasteiger partial charge in [-0.15, -0.1) is 0 Å². The molecule has 0 aromatic heterocycles. The molecule has 0 N–H and O–H groups in total. The van der Waals surface area contributed by atoms with Crippen molar-refractivity contribution >= 4 is 17.9 Å². The molecule has 67 heavy (non-hydrogen) atoms. The fourth-order valence-electron chi connectivity index (χ4n) is 8.75. The molecular formula is C61H112O6. The molecule has 6 heteroatoms. The summed E-state index contributed by atoms with van der Waals surface area (Å²) in [6, 6.07) is 0. The van der Waals surface area contributed by atoms with Gasteiger partial charge in [-0.3, -0.25) is 14.4 Å². The van der Waals surface area contributed by atoms with Crippen molar-refractivity contribution in [3.8, 4) is 0 Å². The smallest absolute Gasteiger partial charge is 0.306 e. The SMILES string of the molecule is CC/C=C\C/C=C\C/C=C\CCCCCCCC(=O)OC(COC(=O)CCCCCCCCCCCC)COC(=O)CCCCCCCCCCCCCCCCCCCCCCCCCC. The van der Waals surface area contributed by atoms with Gasteiger partial charge >= 0.3 is 17.9 Å². The van der Waals surface area contributed by atoms with E-state index < -0.39 is 6.10 Å². The molecule has 0 saturated heterocycles. The van der Waals surface area contributed by atoms with Crippen molar-refractivity contribution in [1.29, 1.82) is 0 Å². The number of ether oxygens (including phenoxy) is 3. The van der Waals surface area contributed by atoms with Gasteiger partial charge in [0.25, 0.3) is 0 Å². The van der Waals surface area contributed by atoms with Gasteiger partial charge in [0.05, 0.1) is 0 Å². The van der Waals surface area contributed by atoms with Gasteiger partial charge < -0.3 is 14.2 Å². The van der Waals surface area contributed by atoms with Crippen molar-refractivity contribution in [2.45, 2.75) is 322 Å². The molecule has 1 atom stereocenters. The summed E-state index contributed by atoms with van der Waals surface area (Å²) in [5.74, 6) is -0.876. The van der Waals surface area contributed by atoms with Crippen molar-refractivity contribution in [3.63, 3.8) is 0 Å². The van der Waals surface area contributed by atoms with E-state index in [9.17, 15) is 14.4 Å². The van der Waals surface area contributed by atoms with Gasteiger partial charge in [-0.1, -0.05) is 282 Å². The first-order valence-electron chi connectivity index (χ1n) is 29.5. The zero-order chi connectivity index (χ0) is 48.6. The van der Waals surface area contributed by atoms with E-state index in [2.05, 4.69) is 57.2 Å². The average molecular weight is 942 g/mol. The maximum atomic E-state index is 12.8. The van der Waals surface area contributed by atoms with Gasteiger partial charge in [0, 0.05) is 19.3 Å². The first-order valence-corrected chi connectivity index (χ1v) is 29.5. The van der Waals surface area contributed by atoms with E-state index in [1.165, 1.54) is 180 Å². The monoisotopic (exact) mass is 941 g/mol. The highest BCUT2D eigenvalue weighted by atomic mass is 16.6. The molecule has 0 saturated carbocycles. The number of unbranched alkanes of at least 4 members (excludes halogenated alkanes) is 37. The summed E-state index contributed by atoms with van der Waals surface area (Å²) in [5, 5.41) is 0. The van der Waals surface area contributed by atoms with Gasteiger partial charge in [-0.2, -0.15) is 0 Å². The quantitative estimate of drug-likeness (QED) is 0.0262. The van der Waals surface area contributed by atoms with E-state index in [1.54, 1.807) is 0 Å². The Hall–Kier alpha value is -2.37. The Balaban J connectivity index is 4.19. The highest BCUT2D eigenvalue weighted by Gasteiger charge is 2.19. The third-order valence-electron chi connectivity index (χ3n) is 13.2. The van der Waals surface area contributed by atoms with Crippen molar-refractivity contribution < 1.29 is 28.6 Å². The maximum Gasteiger partial charge on any atom is 0.306 e. The zero-order valence-electron chi connectivity index (χ0n) is 44.9. The van der Waals surface area contributed by atoms with E-state index in [4.69, 9.17) is 14.2 Å². The van der Waals surface area contributed by atoms with Crippen LogP contribution in [0.3, 0.4) is 0 Å². The fourth-order valence-corrected chi connectivity index (χ4v) is 8.75. The highest BCUT2D eigenvalue weighted by molar-refractivity contribution is 5.71. The first kappa shape index (κ1) is 64.6. The van der Waals surface area contributed by atoms with Gasteiger partial charge in [0.15, 0.2) is 6.10 Å². The molecule has 0 heterocycles. The lowest BCUT2D eigenvalue weighted by atomic mass is 10.0. The summed E-state index contributed by atoms with van der Waals surface area (Å²) >= 11 is 0. The van der Waals surface area contributed by atoms with E-state index in [1.807, 2.05) is 0 Å². The summed E-state index contributed by atoms with van der Waals surface area (Å²) in [6.45, 7) is 6.54. The number of carbonyl (C=O) groups excluding carboxylic acids is 3.